The Balaban J connectivity index is 2.30. The molecule has 0 aromatic rings. The highest BCUT2D eigenvalue weighted by Crippen LogP contribution is 2.26. The number of rotatable bonds is 1. The van der Waals surface area contributed by atoms with Crippen LogP contribution in [0.4, 0.5) is 0 Å². The predicted molar refractivity (Wildman–Crippen MR) is 43.8 cm³/mol. The highest BCUT2D eigenvalue weighted by atomic mass is 127. The Labute approximate surface area is 68.7 Å². The third-order valence-electron chi connectivity index (χ3n) is 1.76. The third kappa shape index (κ3) is 2.05. The van der Waals surface area contributed by atoms with E-state index in [1.807, 2.05) is 0 Å². The van der Waals surface area contributed by atoms with Crippen molar-refractivity contribution in [2.24, 2.45) is 0 Å². The lowest BCUT2D eigenvalue weighted by Crippen LogP contribution is -2.26. The van der Waals surface area contributed by atoms with Crippen LogP contribution in [-0.2, 0) is 4.89 Å². The molecule has 0 aliphatic heterocycles. The van der Waals surface area contributed by atoms with Gasteiger partial charge in [0.15, 0.2) is 0 Å². The van der Waals surface area contributed by atoms with Crippen molar-refractivity contribution in [1.29, 1.82) is 0 Å². The van der Waals surface area contributed by atoms with E-state index < -0.39 is 0 Å². The molecule has 1 aliphatic rings. The van der Waals surface area contributed by atoms with Crippen molar-refractivity contribution in [2.45, 2.75) is 35.7 Å². The average molecular weight is 242 g/mol. The van der Waals surface area contributed by atoms with Crippen molar-refractivity contribution in [2.75, 3.05) is 0 Å². The molecule has 0 unspecified atom stereocenters. The minimum absolute atomic E-state index is 0.0966. The lowest BCUT2D eigenvalue weighted by atomic mass is 9.98. The molecule has 0 heterocycles. The van der Waals surface area contributed by atoms with Crippen LogP contribution in [0.1, 0.15) is 25.7 Å². The molecular weight excluding hydrogens is 231 g/mol. The van der Waals surface area contributed by atoms with Gasteiger partial charge in [-0.15, -0.1) is 0 Å². The second-order valence-corrected chi connectivity index (χ2v) is 4.04. The van der Waals surface area contributed by atoms with Crippen LogP contribution in [0.15, 0.2) is 0 Å². The van der Waals surface area contributed by atoms with Gasteiger partial charge in [0.2, 0.25) is 0 Å². The minimum Gasteiger partial charge on any atom is -0.252 e. The van der Waals surface area contributed by atoms with Crippen molar-refractivity contribution < 1.29 is 10.1 Å². The molecule has 0 radical (unpaired) electrons. The molecule has 2 nitrogen and oxygen atoms in total. The van der Waals surface area contributed by atoms with Crippen LogP contribution in [0.5, 0.6) is 0 Å². The molecule has 54 valence electrons. The average Bonchev–Trinajstić information content (AvgIpc) is 1.89. The molecule has 0 spiro atoms. The van der Waals surface area contributed by atoms with Crippen LogP contribution in [-0.4, -0.2) is 15.3 Å². The molecule has 1 saturated carbocycles. The Morgan fingerprint density at radius 3 is 2.44 bits per heavy atom. The molecule has 0 bridgehead atoms. The van der Waals surface area contributed by atoms with E-state index in [9.17, 15) is 0 Å². The summed E-state index contributed by atoms with van der Waals surface area (Å²) < 4.78 is 0.515. The fraction of sp³-hybridized carbons (Fsp3) is 1.00. The van der Waals surface area contributed by atoms with Crippen molar-refractivity contribution in [3.63, 3.8) is 0 Å². The van der Waals surface area contributed by atoms with Gasteiger partial charge in [-0.25, -0.2) is 4.89 Å². The van der Waals surface area contributed by atoms with Gasteiger partial charge in [-0.3, -0.25) is 5.26 Å². The monoisotopic (exact) mass is 242 g/mol. The largest absolute Gasteiger partial charge is 0.252 e. The van der Waals surface area contributed by atoms with E-state index >= 15 is 0 Å². The SMILES string of the molecule is OO[C@H]1CCCC[C@@H]1I. The maximum absolute atomic E-state index is 8.36. The summed E-state index contributed by atoms with van der Waals surface area (Å²) in [5.41, 5.74) is 0. The molecular formula is C6H11IO2. The lowest BCUT2D eigenvalue weighted by Gasteiger charge is -2.23. The summed E-state index contributed by atoms with van der Waals surface area (Å²) in [5.74, 6) is 0. The van der Waals surface area contributed by atoms with Crippen LogP contribution in [0.25, 0.3) is 0 Å². The van der Waals surface area contributed by atoms with Gasteiger partial charge >= 0.3 is 0 Å². The summed E-state index contributed by atoms with van der Waals surface area (Å²) in [4.78, 5) is 4.30. The summed E-state index contributed by atoms with van der Waals surface area (Å²) in [6.45, 7) is 0. The molecule has 0 aromatic carbocycles. The molecule has 1 fully saturated rings. The molecule has 1 N–H and O–H groups in total. The van der Waals surface area contributed by atoms with E-state index in [4.69, 9.17) is 5.26 Å². The van der Waals surface area contributed by atoms with Crippen LogP contribution < -0.4 is 0 Å². The number of halogens is 1. The van der Waals surface area contributed by atoms with Crippen molar-refractivity contribution in [1.82, 2.24) is 0 Å². The smallest absolute Gasteiger partial charge is 0.104 e. The minimum atomic E-state index is 0.0966. The van der Waals surface area contributed by atoms with Gasteiger partial charge in [-0.1, -0.05) is 35.4 Å². The summed E-state index contributed by atoms with van der Waals surface area (Å²) >= 11 is 2.33. The Morgan fingerprint density at radius 2 is 2.00 bits per heavy atom. The van der Waals surface area contributed by atoms with Gasteiger partial charge in [0, 0.05) is 3.92 Å². The molecule has 1 aliphatic carbocycles. The molecule has 1 rings (SSSR count). The first-order valence-corrected chi connectivity index (χ1v) is 4.53. The zero-order valence-electron chi connectivity index (χ0n) is 5.22. The second-order valence-electron chi connectivity index (χ2n) is 2.44. The van der Waals surface area contributed by atoms with Crippen molar-refractivity contribution >= 4 is 22.6 Å². The van der Waals surface area contributed by atoms with Crippen LogP contribution in [0.3, 0.4) is 0 Å². The summed E-state index contributed by atoms with van der Waals surface area (Å²) in [6, 6.07) is 0. The Bertz CT molecular complexity index is 87.1. The standard InChI is InChI=1S/C6H11IO2/c7-5-3-1-2-4-6(5)9-8/h5-6,8H,1-4H2/t5-,6-/m0/s1. The first-order valence-electron chi connectivity index (χ1n) is 3.29. The highest BCUT2D eigenvalue weighted by molar-refractivity contribution is 14.1. The van der Waals surface area contributed by atoms with E-state index in [1.54, 1.807) is 0 Å². The van der Waals surface area contributed by atoms with E-state index in [0.717, 1.165) is 6.42 Å². The van der Waals surface area contributed by atoms with E-state index in [0.29, 0.717) is 3.92 Å². The molecule has 2 atom stereocenters. The summed E-state index contributed by atoms with van der Waals surface area (Å²) in [6.07, 6.45) is 4.79. The topological polar surface area (TPSA) is 29.5 Å². The normalized spacial score (nSPS) is 36.7. The highest BCUT2D eigenvalue weighted by Gasteiger charge is 2.22. The van der Waals surface area contributed by atoms with Gasteiger partial charge in [-0.2, -0.15) is 0 Å². The summed E-state index contributed by atoms with van der Waals surface area (Å²) in [7, 11) is 0. The number of hydrogen-bond acceptors (Lipinski definition) is 2. The Hall–Kier alpha value is 0.650. The molecule has 3 heteroatoms. The molecule has 0 aromatic heterocycles. The van der Waals surface area contributed by atoms with E-state index in [1.165, 1.54) is 19.3 Å². The van der Waals surface area contributed by atoms with Crippen LogP contribution in [0.2, 0.25) is 0 Å². The fourth-order valence-electron chi connectivity index (χ4n) is 1.17. The van der Waals surface area contributed by atoms with Crippen molar-refractivity contribution in [3.8, 4) is 0 Å². The first-order chi connectivity index (χ1) is 4.34. The van der Waals surface area contributed by atoms with Gasteiger partial charge in [-0.05, 0) is 12.8 Å². The molecule has 0 amide bonds. The van der Waals surface area contributed by atoms with E-state index in [-0.39, 0.29) is 6.10 Å². The molecule has 9 heavy (non-hydrogen) atoms. The maximum Gasteiger partial charge on any atom is 0.104 e. The predicted octanol–water partition coefficient (Wildman–Crippen LogP) is 2.22. The Morgan fingerprint density at radius 1 is 1.33 bits per heavy atom. The van der Waals surface area contributed by atoms with Crippen LogP contribution >= 0.6 is 22.6 Å². The van der Waals surface area contributed by atoms with Gasteiger partial charge in [0.05, 0.1) is 0 Å². The maximum atomic E-state index is 8.36. The molecule has 0 saturated heterocycles. The zero-order valence-corrected chi connectivity index (χ0v) is 7.37. The summed E-state index contributed by atoms with van der Waals surface area (Å²) in [5, 5.41) is 8.36. The van der Waals surface area contributed by atoms with Gasteiger partial charge in [0.1, 0.15) is 6.10 Å². The number of alkyl halides is 1. The quantitative estimate of drug-likeness (QED) is 0.330. The zero-order chi connectivity index (χ0) is 6.69. The first kappa shape index (κ1) is 7.75. The van der Waals surface area contributed by atoms with Gasteiger partial charge < -0.3 is 0 Å². The van der Waals surface area contributed by atoms with Gasteiger partial charge in [0.25, 0.3) is 0 Å². The van der Waals surface area contributed by atoms with Crippen molar-refractivity contribution in [3.05, 3.63) is 0 Å². The number of hydrogen-bond donors (Lipinski definition) is 1. The fourth-order valence-corrected chi connectivity index (χ4v) is 2.10. The van der Waals surface area contributed by atoms with E-state index in [2.05, 4.69) is 27.5 Å². The van der Waals surface area contributed by atoms with Crippen LogP contribution in [0, 0.1) is 0 Å². The third-order valence-corrected chi connectivity index (χ3v) is 3.18. The Kier molecular flexibility index (Phi) is 3.21. The lowest BCUT2D eigenvalue weighted by molar-refractivity contribution is -0.280. The second kappa shape index (κ2) is 3.73.